The van der Waals surface area contributed by atoms with Gasteiger partial charge in [-0.2, -0.15) is 0 Å². The summed E-state index contributed by atoms with van der Waals surface area (Å²) in [6, 6.07) is 7.12. The summed E-state index contributed by atoms with van der Waals surface area (Å²) in [5, 5.41) is 3.55. The van der Waals surface area contributed by atoms with Gasteiger partial charge in [-0.15, -0.1) is 0 Å². The van der Waals surface area contributed by atoms with Gasteiger partial charge in [-0.05, 0) is 56.0 Å². The second-order valence-corrected chi connectivity index (χ2v) is 6.94. The normalized spacial score (nSPS) is 29.2. The van der Waals surface area contributed by atoms with Crippen LogP contribution in [0.4, 0.5) is 11.4 Å². The van der Waals surface area contributed by atoms with Crippen LogP contribution in [0, 0.1) is 5.41 Å². The van der Waals surface area contributed by atoms with Gasteiger partial charge in [0.15, 0.2) is 0 Å². The van der Waals surface area contributed by atoms with Gasteiger partial charge in [0, 0.05) is 50.0 Å². The molecule has 3 heteroatoms. The van der Waals surface area contributed by atoms with Crippen LogP contribution in [0.2, 0.25) is 0 Å². The van der Waals surface area contributed by atoms with Crippen LogP contribution in [0.15, 0.2) is 18.2 Å². The van der Waals surface area contributed by atoms with E-state index in [0.717, 1.165) is 0 Å². The van der Waals surface area contributed by atoms with Crippen molar-refractivity contribution >= 4 is 11.4 Å². The Morgan fingerprint density at radius 3 is 3.00 bits per heavy atom. The molecule has 20 heavy (non-hydrogen) atoms. The van der Waals surface area contributed by atoms with Crippen LogP contribution >= 0.6 is 0 Å². The van der Waals surface area contributed by atoms with E-state index >= 15 is 0 Å². The Balaban J connectivity index is 1.57. The first-order chi connectivity index (χ1) is 9.76. The van der Waals surface area contributed by atoms with Crippen molar-refractivity contribution in [1.29, 1.82) is 0 Å². The summed E-state index contributed by atoms with van der Waals surface area (Å²) in [6.07, 6.45) is 5.25. The van der Waals surface area contributed by atoms with E-state index in [1.807, 2.05) is 0 Å². The van der Waals surface area contributed by atoms with Gasteiger partial charge in [0.1, 0.15) is 0 Å². The second-order valence-electron chi connectivity index (χ2n) is 6.94. The lowest BCUT2D eigenvalue weighted by Gasteiger charge is -2.30. The highest BCUT2D eigenvalue weighted by molar-refractivity contribution is 5.63. The lowest BCUT2D eigenvalue weighted by Crippen LogP contribution is -2.29. The van der Waals surface area contributed by atoms with Crippen molar-refractivity contribution < 1.29 is 0 Å². The van der Waals surface area contributed by atoms with E-state index in [-0.39, 0.29) is 0 Å². The third-order valence-corrected chi connectivity index (χ3v) is 5.55. The zero-order valence-corrected chi connectivity index (χ0v) is 12.5. The minimum atomic E-state index is 0.562. The van der Waals surface area contributed by atoms with Crippen LogP contribution in [0.1, 0.15) is 24.8 Å². The van der Waals surface area contributed by atoms with Crippen molar-refractivity contribution in [2.24, 2.45) is 5.41 Å². The average molecular weight is 271 g/mol. The van der Waals surface area contributed by atoms with Crippen molar-refractivity contribution in [3.05, 3.63) is 23.8 Å². The number of benzene rings is 1. The highest BCUT2D eigenvalue weighted by Gasteiger charge is 2.40. The quantitative estimate of drug-likeness (QED) is 0.845. The predicted octanol–water partition coefficient (Wildman–Crippen LogP) is 2.26. The third kappa shape index (κ3) is 1.99. The molecule has 2 fully saturated rings. The zero-order valence-electron chi connectivity index (χ0n) is 12.5. The van der Waals surface area contributed by atoms with Crippen LogP contribution in [0.3, 0.4) is 0 Å². The number of nitrogens with one attached hydrogen (secondary N) is 1. The van der Waals surface area contributed by atoms with Gasteiger partial charge in [0.25, 0.3) is 0 Å². The van der Waals surface area contributed by atoms with Gasteiger partial charge >= 0.3 is 0 Å². The number of aryl methyl sites for hydroxylation is 1. The fourth-order valence-electron chi connectivity index (χ4n) is 4.27. The lowest BCUT2D eigenvalue weighted by molar-refractivity contribution is 0.369. The number of nitrogens with zero attached hydrogens (tertiary/aromatic N) is 2. The van der Waals surface area contributed by atoms with Gasteiger partial charge in [-0.1, -0.05) is 0 Å². The Morgan fingerprint density at radius 1 is 1.20 bits per heavy atom. The molecular formula is C17H25N3. The highest BCUT2D eigenvalue weighted by Crippen LogP contribution is 2.39. The molecule has 4 rings (SSSR count). The van der Waals surface area contributed by atoms with E-state index < -0.39 is 0 Å². The van der Waals surface area contributed by atoms with Crippen molar-refractivity contribution in [3.8, 4) is 0 Å². The van der Waals surface area contributed by atoms with Crippen LogP contribution in [-0.4, -0.2) is 39.8 Å². The van der Waals surface area contributed by atoms with Gasteiger partial charge < -0.3 is 15.1 Å². The fourth-order valence-corrected chi connectivity index (χ4v) is 4.27. The van der Waals surface area contributed by atoms with Gasteiger partial charge in [0.05, 0.1) is 0 Å². The topological polar surface area (TPSA) is 18.5 Å². The predicted molar refractivity (Wildman–Crippen MR) is 84.8 cm³/mol. The largest absolute Gasteiger partial charge is 0.374 e. The van der Waals surface area contributed by atoms with E-state index in [0.29, 0.717) is 5.41 Å². The van der Waals surface area contributed by atoms with E-state index in [1.165, 1.54) is 69.8 Å². The average Bonchev–Trinajstić information content (AvgIpc) is 3.10. The molecule has 1 spiro atoms. The van der Waals surface area contributed by atoms with Crippen LogP contribution in [-0.2, 0) is 6.42 Å². The summed E-state index contributed by atoms with van der Waals surface area (Å²) in [4.78, 5) is 5.01. The van der Waals surface area contributed by atoms with Crippen LogP contribution < -0.4 is 15.1 Å². The van der Waals surface area contributed by atoms with E-state index in [2.05, 4.69) is 40.4 Å². The van der Waals surface area contributed by atoms with Crippen molar-refractivity contribution in [2.45, 2.75) is 25.7 Å². The van der Waals surface area contributed by atoms with E-state index in [1.54, 1.807) is 5.56 Å². The molecule has 1 aromatic rings. The minimum Gasteiger partial charge on any atom is -0.374 e. The van der Waals surface area contributed by atoms with Gasteiger partial charge in [0.2, 0.25) is 0 Å². The van der Waals surface area contributed by atoms with Crippen molar-refractivity contribution in [1.82, 2.24) is 5.32 Å². The number of hydrogen-bond donors (Lipinski definition) is 1. The van der Waals surface area contributed by atoms with Crippen molar-refractivity contribution in [2.75, 3.05) is 49.6 Å². The number of rotatable bonds is 1. The summed E-state index contributed by atoms with van der Waals surface area (Å²) in [6.45, 7) is 6.11. The molecule has 0 amide bonds. The Bertz CT molecular complexity index is 505. The molecule has 1 atom stereocenters. The molecule has 108 valence electrons. The van der Waals surface area contributed by atoms with Crippen LogP contribution in [0.5, 0.6) is 0 Å². The lowest BCUT2D eigenvalue weighted by atomic mass is 9.86. The van der Waals surface area contributed by atoms with Gasteiger partial charge in [-0.25, -0.2) is 0 Å². The summed E-state index contributed by atoms with van der Waals surface area (Å²) in [5.74, 6) is 0. The number of fused-ring (bicyclic) bond motifs is 1. The molecule has 0 saturated carbocycles. The molecule has 0 radical (unpaired) electrons. The smallest absolute Gasteiger partial charge is 0.0397 e. The summed E-state index contributed by atoms with van der Waals surface area (Å²) >= 11 is 0. The van der Waals surface area contributed by atoms with Gasteiger partial charge in [-0.3, -0.25) is 0 Å². The Hall–Kier alpha value is -1.22. The maximum Gasteiger partial charge on any atom is 0.0397 e. The highest BCUT2D eigenvalue weighted by atomic mass is 15.2. The zero-order chi connectivity index (χ0) is 13.6. The van der Waals surface area contributed by atoms with Crippen molar-refractivity contribution in [3.63, 3.8) is 0 Å². The molecule has 3 heterocycles. The molecule has 0 bridgehead atoms. The Labute approximate surface area is 121 Å². The molecule has 1 unspecified atom stereocenters. The molecule has 1 aromatic carbocycles. The molecule has 0 aliphatic carbocycles. The first kappa shape index (κ1) is 12.5. The summed E-state index contributed by atoms with van der Waals surface area (Å²) in [7, 11) is 2.21. The third-order valence-electron chi connectivity index (χ3n) is 5.55. The molecule has 0 aromatic heterocycles. The first-order valence-corrected chi connectivity index (χ1v) is 8.06. The monoisotopic (exact) mass is 271 g/mol. The second kappa shape index (κ2) is 4.66. The maximum absolute atomic E-state index is 3.55. The molecule has 1 N–H and O–H groups in total. The molecular weight excluding hydrogens is 246 g/mol. The molecule has 3 nitrogen and oxygen atoms in total. The first-order valence-electron chi connectivity index (χ1n) is 8.06. The number of anilines is 2. The fraction of sp³-hybridized carbons (Fsp3) is 0.647. The molecule has 3 aliphatic rings. The standard InChI is InChI=1S/C17H25N3/c1-19-9-2-3-14-11-15(4-5-16(14)19)20-10-7-17(13-20)6-8-18-12-17/h4-5,11,18H,2-3,6-10,12-13H2,1H3. The molecule has 3 aliphatic heterocycles. The molecule has 2 saturated heterocycles. The van der Waals surface area contributed by atoms with E-state index in [4.69, 9.17) is 0 Å². The summed E-state index contributed by atoms with van der Waals surface area (Å²) < 4.78 is 0. The number of hydrogen-bond acceptors (Lipinski definition) is 3. The maximum atomic E-state index is 3.55. The SMILES string of the molecule is CN1CCCc2cc(N3CCC4(CCNC4)C3)ccc21. The Kier molecular flexibility index (Phi) is 2.92. The van der Waals surface area contributed by atoms with Crippen LogP contribution in [0.25, 0.3) is 0 Å². The van der Waals surface area contributed by atoms with E-state index in [9.17, 15) is 0 Å². The summed E-state index contributed by atoms with van der Waals surface area (Å²) in [5.41, 5.74) is 4.99. The minimum absolute atomic E-state index is 0.562. The Morgan fingerprint density at radius 2 is 2.15 bits per heavy atom.